The van der Waals surface area contributed by atoms with E-state index in [0.29, 0.717) is 0 Å². The second-order valence-electron chi connectivity index (χ2n) is 7.20. The van der Waals surface area contributed by atoms with Crippen LogP contribution < -0.4 is 0 Å². The molecule has 4 aliphatic rings. The molecule has 25 heavy (non-hydrogen) atoms. The maximum absolute atomic E-state index is 3.37. The molecule has 121 valence electrons. The van der Waals surface area contributed by atoms with Crippen molar-refractivity contribution in [1.82, 2.24) is 0 Å². The fourth-order valence-corrected chi connectivity index (χ4v) is 5.58. The van der Waals surface area contributed by atoms with Crippen LogP contribution in [-0.2, 0) is 58.4 Å². The van der Waals surface area contributed by atoms with Crippen molar-refractivity contribution in [2.24, 2.45) is 0 Å². The minimum absolute atomic E-state index is 0. The monoisotopic (exact) mass is 397 g/mol. The third kappa shape index (κ3) is 1.76. The molecule has 0 N–H and O–H groups in total. The summed E-state index contributed by atoms with van der Waals surface area (Å²) in [7, 11) is 0. The molecule has 0 saturated carbocycles. The topological polar surface area (TPSA) is 0 Å². The normalized spacial score (nSPS) is 14.4. The van der Waals surface area contributed by atoms with Crippen LogP contribution in [0.15, 0.2) is 30.3 Å². The third-order valence-electron chi connectivity index (χ3n) is 6.30. The number of benzene rings is 3. The van der Waals surface area contributed by atoms with Crippen LogP contribution in [0.4, 0.5) is 0 Å². The molecule has 0 unspecified atom stereocenters. The minimum Gasteiger partial charge on any atom is -0.358 e. The van der Waals surface area contributed by atoms with Crippen molar-refractivity contribution in [2.45, 2.75) is 33.1 Å². The molecule has 4 aliphatic carbocycles. The van der Waals surface area contributed by atoms with Gasteiger partial charge in [0.2, 0.25) is 0 Å². The Kier molecular flexibility index (Phi) is 3.70. The smallest absolute Gasteiger partial charge is 0 e. The molecule has 0 aliphatic heterocycles. The molecule has 0 amide bonds. The van der Waals surface area contributed by atoms with Gasteiger partial charge in [-0.25, -0.2) is 0 Å². The predicted molar refractivity (Wildman–Crippen MR) is 101 cm³/mol. The number of fused-ring (bicyclic) bond motifs is 2. The second-order valence-corrected chi connectivity index (χ2v) is 7.20. The molecule has 3 aromatic carbocycles. The molecule has 1 heteroatoms. The van der Waals surface area contributed by atoms with Crippen LogP contribution in [0, 0.1) is 13.5 Å². The molecule has 3 aromatic rings. The van der Waals surface area contributed by atoms with E-state index in [-0.39, 0.29) is 47.6 Å². The predicted octanol–water partition coefficient (Wildman–Crippen LogP) is 5.52. The average Bonchev–Trinajstić information content (AvgIpc) is 3.26. The molecule has 0 heterocycles. The van der Waals surface area contributed by atoms with Crippen LogP contribution in [0.3, 0.4) is 0 Å². The van der Waals surface area contributed by atoms with Crippen molar-refractivity contribution in [1.29, 1.82) is 0 Å². The number of hydrogen-bond donors (Lipinski definition) is 0. The van der Waals surface area contributed by atoms with E-state index in [1.54, 1.807) is 55.6 Å². The van der Waals surface area contributed by atoms with Gasteiger partial charge in [-0.05, 0) is 75.8 Å². The van der Waals surface area contributed by atoms with Gasteiger partial charge < -0.3 is 7.43 Å². The first-order valence-electron chi connectivity index (χ1n) is 8.23. The number of hydrogen-bond acceptors (Lipinski definition) is 0. The molecule has 0 fully saturated rings. The summed E-state index contributed by atoms with van der Waals surface area (Å²) in [5.74, 6) is 0. The Hall–Kier alpha value is -1.24. The molecular formula is C24H20Y-2. The summed E-state index contributed by atoms with van der Waals surface area (Å²) in [6.07, 6.45) is 4.57. The molecular weight excluding hydrogens is 377 g/mol. The van der Waals surface area contributed by atoms with Crippen LogP contribution in [0.2, 0.25) is 0 Å². The Balaban J connectivity index is 0.000000523. The summed E-state index contributed by atoms with van der Waals surface area (Å²) in [5, 5.41) is 0. The Morgan fingerprint density at radius 2 is 1.00 bits per heavy atom. The number of rotatable bonds is 0. The van der Waals surface area contributed by atoms with Gasteiger partial charge in [0.1, 0.15) is 0 Å². The van der Waals surface area contributed by atoms with Crippen molar-refractivity contribution in [2.75, 3.05) is 0 Å². The molecule has 0 nitrogen and oxygen atoms in total. The van der Waals surface area contributed by atoms with Crippen LogP contribution >= 0.6 is 0 Å². The SMILES string of the molecule is C.[CH3-].[Y].[c-]1cc2c3c(c1)Cc1c4c5c(c(c1-3)C2)Cc1cccc(c1-5)C4. The van der Waals surface area contributed by atoms with Crippen molar-refractivity contribution in [3.63, 3.8) is 0 Å². The van der Waals surface area contributed by atoms with Crippen LogP contribution in [0.25, 0.3) is 22.3 Å². The molecule has 0 bridgehead atoms. The van der Waals surface area contributed by atoms with E-state index in [0.717, 1.165) is 25.7 Å². The van der Waals surface area contributed by atoms with Gasteiger partial charge in [0.15, 0.2) is 0 Å². The van der Waals surface area contributed by atoms with Crippen LogP contribution in [-0.4, -0.2) is 0 Å². The van der Waals surface area contributed by atoms with Gasteiger partial charge in [-0.2, -0.15) is 18.2 Å². The quantitative estimate of drug-likeness (QED) is 0.296. The fourth-order valence-electron chi connectivity index (χ4n) is 5.58. The van der Waals surface area contributed by atoms with E-state index in [2.05, 4.69) is 36.4 Å². The molecule has 0 aromatic heterocycles. The summed E-state index contributed by atoms with van der Waals surface area (Å²) in [5.41, 5.74) is 19.2. The Bertz CT molecular complexity index is 912. The Morgan fingerprint density at radius 3 is 1.48 bits per heavy atom. The standard InChI is InChI=1S/C22H13.CH4.CH3.Y/c1-3-11-7-15-17-9-13-5-2-6-14-10-18(22(17)20(13)14)16-8-12(4-1)19(11)21(15)16;;;/h1,3-6H,7-10H2;1H4;1H3;/q-1;;-1;. The minimum atomic E-state index is 0. The zero-order valence-corrected chi connectivity index (χ0v) is 16.6. The first kappa shape index (κ1) is 17.2. The van der Waals surface area contributed by atoms with Crippen LogP contribution in [0.5, 0.6) is 0 Å². The summed E-state index contributed by atoms with van der Waals surface area (Å²) in [4.78, 5) is 0. The zero-order valence-electron chi connectivity index (χ0n) is 13.8. The van der Waals surface area contributed by atoms with E-state index in [1.807, 2.05) is 0 Å². The summed E-state index contributed by atoms with van der Waals surface area (Å²) >= 11 is 0. The van der Waals surface area contributed by atoms with Crippen molar-refractivity contribution < 1.29 is 32.7 Å². The molecule has 0 spiro atoms. The van der Waals surface area contributed by atoms with Gasteiger partial charge in [0.25, 0.3) is 0 Å². The first-order valence-corrected chi connectivity index (χ1v) is 8.23. The van der Waals surface area contributed by atoms with E-state index < -0.39 is 0 Å². The van der Waals surface area contributed by atoms with E-state index in [1.165, 1.54) is 11.1 Å². The summed E-state index contributed by atoms with van der Waals surface area (Å²) in [6.45, 7) is 0. The average molecular weight is 397 g/mol. The van der Waals surface area contributed by atoms with Gasteiger partial charge in [0.05, 0.1) is 0 Å². The molecule has 0 saturated heterocycles. The summed E-state index contributed by atoms with van der Waals surface area (Å²) in [6, 6.07) is 14.8. The van der Waals surface area contributed by atoms with Gasteiger partial charge in [-0.15, -0.1) is 16.7 Å². The Morgan fingerprint density at radius 1 is 0.600 bits per heavy atom. The van der Waals surface area contributed by atoms with Crippen molar-refractivity contribution in [3.05, 3.63) is 88.3 Å². The van der Waals surface area contributed by atoms with E-state index >= 15 is 0 Å². The van der Waals surface area contributed by atoms with Gasteiger partial charge in [-0.3, -0.25) is 0 Å². The second kappa shape index (κ2) is 5.38. The molecule has 7 rings (SSSR count). The van der Waals surface area contributed by atoms with Gasteiger partial charge in [0, 0.05) is 32.7 Å². The zero-order chi connectivity index (χ0) is 14.0. The van der Waals surface area contributed by atoms with Gasteiger partial charge in [-0.1, -0.05) is 25.6 Å². The maximum atomic E-state index is 3.37. The van der Waals surface area contributed by atoms with Crippen LogP contribution in [0.1, 0.15) is 51.9 Å². The molecule has 1 radical (unpaired) electrons. The fraction of sp³-hybridized carbons (Fsp3) is 0.208. The first-order chi connectivity index (χ1) is 10.9. The third-order valence-corrected chi connectivity index (χ3v) is 6.30. The largest absolute Gasteiger partial charge is 0.358 e. The Labute approximate surface area is 175 Å². The van der Waals surface area contributed by atoms with Crippen molar-refractivity contribution >= 4 is 0 Å². The van der Waals surface area contributed by atoms with Crippen molar-refractivity contribution in [3.8, 4) is 22.3 Å². The van der Waals surface area contributed by atoms with Gasteiger partial charge >= 0.3 is 0 Å². The molecule has 0 atom stereocenters. The van der Waals surface area contributed by atoms with E-state index in [4.69, 9.17) is 0 Å². The maximum Gasteiger partial charge on any atom is 0 e. The van der Waals surface area contributed by atoms with E-state index in [9.17, 15) is 0 Å². The summed E-state index contributed by atoms with van der Waals surface area (Å²) < 4.78 is 0.